The van der Waals surface area contributed by atoms with E-state index in [0.717, 1.165) is 17.7 Å². The molecule has 0 atom stereocenters. The topological polar surface area (TPSA) is 12.4 Å². The standard InChI is InChI=1S/C14H15N/c1-4-9-14(15-6-3)13-11-8-7-10-12(13)5-2/h1,6-11H,5H2,2-3H3/b14-9-,15-6-. The van der Waals surface area contributed by atoms with Crippen LogP contribution in [0.2, 0.25) is 0 Å². The van der Waals surface area contributed by atoms with Gasteiger partial charge in [0.25, 0.3) is 0 Å². The number of aliphatic imine (C=N–C) groups is 1. The number of benzene rings is 1. The molecule has 0 aromatic heterocycles. The Labute approximate surface area is 91.6 Å². The van der Waals surface area contributed by atoms with E-state index in [1.807, 2.05) is 19.1 Å². The summed E-state index contributed by atoms with van der Waals surface area (Å²) in [6, 6.07) is 8.19. The Bertz CT molecular complexity index is 419. The number of hydrogen-bond donors (Lipinski definition) is 0. The smallest absolute Gasteiger partial charge is 0.0783 e. The Kier molecular flexibility index (Phi) is 4.37. The van der Waals surface area contributed by atoms with Gasteiger partial charge in [-0.1, -0.05) is 37.1 Å². The van der Waals surface area contributed by atoms with Crippen molar-refractivity contribution in [2.45, 2.75) is 20.3 Å². The van der Waals surface area contributed by atoms with Crippen molar-refractivity contribution in [3.8, 4) is 12.3 Å². The van der Waals surface area contributed by atoms with E-state index in [1.165, 1.54) is 5.56 Å². The molecular formula is C14H15N. The highest BCUT2D eigenvalue weighted by Crippen LogP contribution is 2.20. The third kappa shape index (κ3) is 2.82. The van der Waals surface area contributed by atoms with Crippen molar-refractivity contribution >= 4 is 11.9 Å². The van der Waals surface area contributed by atoms with Crippen molar-refractivity contribution in [3.05, 3.63) is 41.5 Å². The van der Waals surface area contributed by atoms with Gasteiger partial charge in [-0.05, 0) is 18.9 Å². The maximum Gasteiger partial charge on any atom is 0.0783 e. The second kappa shape index (κ2) is 5.82. The molecule has 0 N–H and O–H groups in total. The van der Waals surface area contributed by atoms with Gasteiger partial charge in [0.1, 0.15) is 0 Å². The van der Waals surface area contributed by atoms with Gasteiger partial charge >= 0.3 is 0 Å². The van der Waals surface area contributed by atoms with Gasteiger partial charge < -0.3 is 0 Å². The molecule has 1 heteroatoms. The average Bonchev–Trinajstić information content (AvgIpc) is 2.29. The normalized spacial score (nSPS) is 11.7. The number of allylic oxidation sites excluding steroid dienone is 1. The van der Waals surface area contributed by atoms with Crippen LogP contribution in [0.3, 0.4) is 0 Å². The Morgan fingerprint density at radius 3 is 2.80 bits per heavy atom. The summed E-state index contributed by atoms with van der Waals surface area (Å²) in [6.45, 7) is 4.01. The molecule has 0 saturated heterocycles. The molecule has 76 valence electrons. The summed E-state index contributed by atoms with van der Waals surface area (Å²) in [6.07, 6.45) is 9.73. The maximum atomic E-state index is 5.29. The lowest BCUT2D eigenvalue weighted by Gasteiger charge is -2.06. The molecule has 0 aliphatic rings. The number of terminal acetylenes is 1. The van der Waals surface area contributed by atoms with Crippen LogP contribution in [0.15, 0.2) is 35.3 Å². The summed E-state index contributed by atoms with van der Waals surface area (Å²) in [5.41, 5.74) is 3.25. The summed E-state index contributed by atoms with van der Waals surface area (Å²) >= 11 is 0. The number of nitrogens with zero attached hydrogens (tertiary/aromatic N) is 1. The first kappa shape index (κ1) is 11.3. The minimum absolute atomic E-state index is 0.859. The van der Waals surface area contributed by atoms with Gasteiger partial charge in [-0.25, -0.2) is 0 Å². The Hall–Kier alpha value is -1.81. The van der Waals surface area contributed by atoms with E-state index in [1.54, 1.807) is 12.3 Å². The molecule has 1 nitrogen and oxygen atoms in total. The lowest BCUT2D eigenvalue weighted by molar-refractivity contribution is 1.13. The van der Waals surface area contributed by atoms with Gasteiger partial charge in [0.05, 0.1) is 5.70 Å². The van der Waals surface area contributed by atoms with Crippen LogP contribution in [0, 0.1) is 12.3 Å². The summed E-state index contributed by atoms with van der Waals surface area (Å²) in [7, 11) is 0. The van der Waals surface area contributed by atoms with Crippen LogP contribution >= 0.6 is 0 Å². The molecule has 0 bridgehead atoms. The van der Waals surface area contributed by atoms with Gasteiger partial charge in [0.15, 0.2) is 0 Å². The fraction of sp³-hybridized carbons (Fsp3) is 0.214. The van der Waals surface area contributed by atoms with Crippen LogP contribution < -0.4 is 0 Å². The number of hydrogen-bond acceptors (Lipinski definition) is 1. The molecule has 1 aromatic carbocycles. The van der Waals surface area contributed by atoms with E-state index in [9.17, 15) is 0 Å². The van der Waals surface area contributed by atoms with E-state index in [4.69, 9.17) is 6.42 Å². The van der Waals surface area contributed by atoms with Gasteiger partial charge in [-0.15, -0.1) is 6.42 Å². The Morgan fingerprint density at radius 1 is 1.47 bits per heavy atom. The van der Waals surface area contributed by atoms with E-state index in [-0.39, 0.29) is 0 Å². The van der Waals surface area contributed by atoms with Crippen molar-refractivity contribution < 1.29 is 0 Å². The van der Waals surface area contributed by atoms with E-state index >= 15 is 0 Å². The van der Waals surface area contributed by atoms with Crippen molar-refractivity contribution in [3.63, 3.8) is 0 Å². The molecule has 0 unspecified atom stereocenters. The van der Waals surface area contributed by atoms with E-state index < -0.39 is 0 Å². The summed E-state index contributed by atoms with van der Waals surface area (Å²) in [5.74, 6) is 2.53. The van der Waals surface area contributed by atoms with E-state index in [2.05, 4.69) is 30.0 Å². The van der Waals surface area contributed by atoms with Gasteiger partial charge in [-0.2, -0.15) is 0 Å². The average molecular weight is 197 g/mol. The second-order valence-corrected chi connectivity index (χ2v) is 3.09. The van der Waals surface area contributed by atoms with Gasteiger partial charge in [-0.3, -0.25) is 4.99 Å². The molecule has 0 aliphatic heterocycles. The first-order valence-corrected chi connectivity index (χ1v) is 5.06. The zero-order valence-corrected chi connectivity index (χ0v) is 9.20. The van der Waals surface area contributed by atoms with Gasteiger partial charge in [0.2, 0.25) is 0 Å². The molecule has 0 aliphatic carbocycles. The number of rotatable bonds is 3. The first-order valence-electron chi connectivity index (χ1n) is 5.06. The Balaban J connectivity index is 3.23. The molecular weight excluding hydrogens is 182 g/mol. The fourth-order valence-corrected chi connectivity index (χ4v) is 1.48. The quantitative estimate of drug-likeness (QED) is 0.520. The third-order valence-electron chi connectivity index (χ3n) is 2.16. The molecule has 1 rings (SSSR count). The molecule has 0 radical (unpaired) electrons. The largest absolute Gasteiger partial charge is 0.260 e. The first-order chi connectivity index (χ1) is 7.33. The minimum atomic E-state index is 0.859. The van der Waals surface area contributed by atoms with Gasteiger partial charge in [0, 0.05) is 17.9 Å². The Morgan fingerprint density at radius 2 is 2.20 bits per heavy atom. The molecule has 0 heterocycles. The zero-order chi connectivity index (χ0) is 11.1. The summed E-state index contributed by atoms with van der Waals surface area (Å²) in [4.78, 5) is 4.29. The fourth-order valence-electron chi connectivity index (χ4n) is 1.48. The highest BCUT2D eigenvalue weighted by Gasteiger charge is 2.03. The zero-order valence-electron chi connectivity index (χ0n) is 9.20. The predicted molar refractivity (Wildman–Crippen MR) is 66.8 cm³/mol. The SMILES string of the molecule is C#C/C=C(\N=C/C)c1ccccc1CC. The maximum absolute atomic E-state index is 5.29. The molecule has 15 heavy (non-hydrogen) atoms. The lowest BCUT2D eigenvalue weighted by atomic mass is 10.0. The molecule has 0 saturated carbocycles. The molecule has 0 amide bonds. The highest BCUT2D eigenvalue weighted by molar-refractivity contribution is 5.75. The van der Waals surface area contributed by atoms with Crippen molar-refractivity contribution in [1.29, 1.82) is 0 Å². The van der Waals surface area contributed by atoms with Crippen LogP contribution in [0.1, 0.15) is 25.0 Å². The second-order valence-electron chi connectivity index (χ2n) is 3.09. The van der Waals surface area contributed by atoms with Crippen molar-refractivity contribution in [2.75, 3.05) is 0 Å². The minimum Gasteiger partial charge on any atom is -0.260 e. The van der Waals surface area contributed by atoms with Crippen LogP contribution in [0.4, 0.5) is 0 Å². The lowest BCUT2D eigenvalue weighted by Crippen LogP contribution is -1.90. The monoisotopic (exact) mass is 197 g/mol. The summed E-state index contributed by atoms with van der Waals surface area (Å²) in [5, 5.41) is 0. The summed E-state index contributed by atoms with van der Waals surface area (Å²) < 4.78 is 0. The molecule has 1 aromatic rings. The van der Waals surface area contributed by atoms with Crippen LogP contribution in [0.5, 0.6) is 0 Å². The third-order valence-corrected chi connectivity index (χ3v) is 2.16. The predicted octanol–water partition coefficient (Wildman–Crippen LogP) is 3.31. The highest BCUT2D eigenvalue weighted by atomic mass is 14.7. The van der Waals surface area contributed by atoms with Crippen LogP contribution in [-0.2, 0) is 6.42 Å². The van der Waals surface area contributed by atoms with E-state index in [0.29, 0.717) is 0 Å². The molecule has 0 spiro atoms. The van der Waals surface area contributed by atoms with Crippen molar-refractivity contribution in [2.24, 2.45) is 4.99 Å². The van der Waals surface area contributed by atoms with Crippen LogP contribution in [0.25, 0.3) is 5.70 Å². The molecule has 0 fully saturated rings. The number of aryl methyl sites for hydroxylation is 1. The van der Waals surface area contributed by atoms with Crippen LogP contribution in [-0.4, -0.2) is 6.21 Å². The van der Waals surface area contributed by atoms with Crippen molar-refractivity contribution in [1.82, 2.24) is 0 Å².